The SMILES string of the molecule is N=c1c2c(ncn1CCCn1ccnc1)Oc1c(ccc3ccccc13)C2c1cccnc1. The van der Waals surface area contributed by atoms with E-state index >= 15 is 0 Å². The first-order valence-electron chi connectivity index (χ1n) is 11.0. The predicted molar refractivity (Wildman–Crippen MR) is 124 cm³/mol. The first-order chi connectivity index (χ1) is 16.3. The smallest absolute Gasteiger partial charge is 0.228 e. The molecule has 0 aliphatic carbocycles. The Kier molecular flexibility index (Phi) is 4.72. The molecule has 1 aliphatic heterocycles. The largest absolute Gasteiger partial charge is 0.438 e. The molecule has 0 spiro atoms. The van der Waals surface area contributed by atoms with E-state index in [9.17, 15) is 0 Å². The molecule has 2 aromatic carbocycles. The van der Waals surface area contributed by atoms with Crippen molar-refractivity contribution in [2.24, 2.45) is 0 Å². The van der Waals surface area contributed by atoms with Gasteiger partial charge in [-0.05, 0) is 23.4 Å². The predicted octanol–water partition coefficient (Wildman–Crippen LogP) is 4.48. The standard InChI is InChI=1S/C26H22N6O/c27-25-23-22(19-6-3-10-28-15-19)21-9-8-18-5-1-2-7-20(18)24(21)33-26(23)30-17-32(25)13-4-12-31-14-11-29-16-31/h1-3,5-11,14-17,22,27H,4,12-13H2. The van der Waals surface area contributed by atoms with E-state index in [4.69, 9.17) is 10.1 Å². The first kappa shape index (κ1) is 19.4. The Morgan fingerprint density at radius 2 is 1.88 bits per heavy atom. The van der Waals surface area contributed by atoms with Crippen LogP contribution in [0.3, 0.4) is 0 Å². The van der Waals surface area contributed by atoms with E-state index < -0.39 is 0 Å². The Labute approximate surface area is 190 Å². The highest BCUT2D eigenvalue weighted by Gasteiger charge is 2.33. The molecule has 1 N–H and O–H groups in total. The van der Waals surface area contributed by atoms with E-state index in [0.29, 0.717) is 17.9 Å². The van der Waals surface area contributed by atoms with Gasteiger partial charge in [0.25, 0.3) is 0 Å². The molecule has 0 radical (unpaired) electrons. The number of aryl methyl sites for hydroxylation is 2. The number of rotatable bonds is 5. The highest BCUT2D eigenvalue weighted by molar-refractivity contribution is 5.91. The van der Waals surface area contributed by atoms with Crippen LogP contribution in [0.4, 0.5) is 0 Å². The fraction of sp³-hybridized carbons (Fsp3) is 0.154. The maximum atomic E-state index is 9.07. The normalized spacial score (nSPS) is 14.5. The van der Waals surface area contributed by atoms with Gasteiger partial charge >= 0.3 is 0 Å². The highest BCUT2D eigenvalue weighted by Crippen LogP contribution is 2.47. The summed E-state index contributed by atoms with van der Waals surface area (Å²) in [5.74, 6) is 1.12. The maximum Gasteiger partial charge on any atom is 0.228 e. The maximum absolute atomic E-state index is 9.07. The number of imidazole rings is 1. The summed E-state index contributed by atoms with van der Waals surface area (Å²) in [4.78, 5) is 13.1. The van der Waals surface area contributed by atoms with Crippen molar-refractivity contribution in [2.75, 3.05) is 0 Å². The summed E-state index contributed by atoms with van der Waals surface area (Å²) in [6.45, 7) is 1.52. The first-order valence-corrected chi connectivity index (χ1v) is 11.0. The van der Waals surface area contributed by atoms with Crippen LogP contribution in [0, 0.1) is 5.41 Å². The van der Waals surface area contributed by atoms with Crippen molar-refractivity contribution in [3.8, 4) is 11.6 Å². The molecule has 1 aliphatic rings. The summed E-state index contributed by atoms with van der Waals surface area (Å²) < 4.78 is 10.3. The number of nitrogens with one attached hydrogen (secondary N) is 1. The molecule has 6 rings (SSSR count). The van der Waals surface area contributed by atoms with Gasteiger partial charge in [0.2, 0.25) is 5.88 Å². The van der Waals surface area contributed by atoms with Crippen LogP contribution in [0.25, 0.3) is 10.8 Å². The van der Waals surface area contributed by atoms with Crippen LogP contribution in [0.5, 0.6) is 11.6 Å². The molecule has 162 valence electrons. The lowest BCUT2D eigenvalue weighted by atomic mass is 9.83. The van der Waals surface area contributed by atoms with Gasteiger partial charge in [-0.3, -0.25) is 10.4 Å². The van der Waals surface area contributed by atoms with Gasteiger partial charge in [0.05, 0.1) is 11.9 Å². The summed E-state index contributed by atoms with van der Waals surface area (Å²) in [5, 5.41) is 11.2. The van der Waals surface area contributed by atoms with E-state index in [1.165, 1.54) is 0 Å². The number of fused-ring (bicyclic) bond motifs is 4. The fourth-order valence-corrected chi connectivity index (χ4v) is 4.61. The van der Waals surface area contributed by atoms with Crippen LogP contribution in [0.1, 0.15) is 29.0 Å². The second-order valence-corrected chi connectivity index (χ2v) is 8.19. The lowest BCUT2D eigenvalue weighted by molar-refractivity contribution is 0.423. The monoisotopic (exact) mass is 434 g/mol. The van der Waals surface area contributed by atoms with E-state index in [-0.39, 0.29) is 5.92 Å². The fourth-order valence-electron chi connectivity index (χ4n) is 4.61. The minimum Gasteiger partial charge on any atom is -0.438 e. The molecule has 4 heterocycles. The Balaban J connectivity index is 1.46. The summed E-state index contributed by atoms with van der Waals surface area (Å²) in [6.07, 6.45) is 11.8. The molecule has 7 nitrogen and oxygen atoms in total. The number of hydrogen-bond donors (Lipinski definition) is 1. The Morgan fingerprint density at radius 3 is 2.73 bits per heavy atom. The average molecular weight is 435 g/mol. The second-order valence-electron chi connectivity index (χ2n) is 8.19. The zero-order chi connectivity index (χ0) is 22.2. The third-order valence-corrected chi connectivity index (χ3v) is 6.19. The van der Waals surface area contributed by atoms with Crippen molar-refractivity contribution in [2.45, 2.75) is 25.4 Å². The van der Waals surface area contributed by atoms with Crippen LogP contribution in [0.15, 0.2) is 86.0 Å². The Morgan fingerprint density at radius 1 is 0.939 bits per heavy atom. The molecule has 1 atom stereocenters. The van der Waals surface area contributed by atoms with Crippen molar-refractivity contribution >= 4 is 10.8 Å². The lowest BCUT2D eigenvalue weighted by Crippen LogP contribution is -2.30. The topological polar surface area (TPSA) is 81.6 Å². The summed E-state index contributed by atoms with van der Waals surface area (Å²) in [7, 11) is 0. The number of aromatic nitrogens is 5. The summed E-state index contributed by atoms with van der Waals surface area (Å²) in [5.41, 5.74) is 3.24. The molecule has 3 aromatic heterocycles. The number of nitrogens with zero attached hydrogens (tertiary/aromatic N) is 5. The van der Waals surface area contributed by atoms with Crippen molar-refractivity contribution in [1.29, 1.82) is 5.41 Å². The quantitative estimate of drug-likeness (QED) is 0.434. The number of ether oxygens (including phenoxy) is 1. The van der Waals surface area contributed by atoms with Gasteiger partial charge in [-0.25, -0.2) is 9.97 Å². The Bertz CT molecular complexity index is 1490. The van der Waals surface area contributed by atoms with Crippen molar-refractivity contribution in [3.63, 3.8) is 0 Å². The molecule has 1 unspecified atom stereocenters. The van der Waals surface area contributed by atoms with Crippen LogP contribution in [-0.2, 0) is 13.1 Å². The van der Waals surface area contributed by atoms with Gasteiger partial charge < -0.3 is 13.9 Å². The van der Waals surface area contributed by atoms with Gasteiger partial charge in [-0.15, -0.1) is 0 Å². The van der Waals surface area contributed by atoms with Crippen LogP contribution in [0.2, 0.25) is 0 Å². The van der Waals surface area contributed by atoms with Crippen LogP contribution < -0.4 is 10.2 Å². The molecule has 5 aromatic rings. The number of benzene rings is 2. The molecule has 0 bridgehead atoms. The van der Waals surface area contributed by atoms with Crippen LogP contribution >= 0.6 is 0 Å². The molecular weight excluding hydrogens is 412 g/mol. The number of pyridine rings is 1. The number of hydrogen-bond acceptors (Lipinski definition) is 5. The molecule has 0 amide bonds. The van der Waals surface area contributed by atoms with E-state index in [0.717, 1.165) is 46.2 Å². The molecule has 0 saturated carbocycles. The van der Waals surface area contributed by atoms with Gasteiger partial charge in [-0.1, -0.05) is 42.5 Å². The van der Waals surface area contributed by atoms with Crippen molar-refractivity contribution < 1.29 is 4.74 Å². The lowest BCUT2D eigenvalue weighted by Gasteiger charge is -2.29. The second kappa shape index (κ2) is 8.02. The Hall–Kier alpha value is -4.26. The minimum atomic E-state index is -0.178. The van der Waals surface area contributed by atoms with Crippen molar-refractivity contribution in [3.05, 3.63) is 108 Å². The summed E-state index contributed by atoms with van der Waals surface area (Å²) in [6, 6.07) is 16.4. The van der Waals surface area contributed by atoms with Crippen LogP contribution in [-0.4, -0.2) is 24.1 Å². The molecule has 0 saturated heterocycles. The van der Waals surface area contributed by atoms with E-state index in [1.54, 1.807) is 18.7 Å². The molecule has 7 heteroatoms. The van der Waals surface area contributed by atoms with E-state index in [1.807, 2.05) is 46.1 Å². The molecular formula is C26H22N6O. The zero-order valence-corrected chi connectivity index (χ0v) is 17.9. The van der Waals surface area contributed by atoms with Gasteiger partial charge in [-0.2, -0.15) is 0 Å². The van der Waals surface area contributed by atoms with Gasteiger partial charge in [0, 0.05) is 54.7 Å². The average Bonchev–Trinajstić information content (AvgIpc) is 3.38. The molecule has 33 heavy (non-hydrogen) atoms. The van der Waals surface area contributed by atoms with Crippen molar-refractivity contribution in [1.82, 2.24) is 24.1 Å². The molecule has 0 fully saturated rings. The minimum absolute atomic E-state index is 0.178. The van der Waals surface area contributed by atoms with Gasteiger partial charge in [0.1, 0.15) is 17.6 Å². The third kappa shape index (κ3) is 3.38. The zero-order valence-electron chi connectivity index (χ0n) is 17.9. The summed E-state index contributed by atoms with van der Waals surface area (Å²) >= 11 is 0. The van der Waals surface area contributed by atoms with E-state index in [2.05, 4.69) is 45.3 Å². The highest BCUT2D eigenvalue weighted by atomic mass is 16.5. The van der Waals surface area contributed by atoms with Gasteiger partial charge in [0.15, 0.2) is 0 Å². The third-order valence-electron chi connectivity index (χ3n) is 6.19.